The molecule has 1 aliphatic heterocycles. The number of nitrogens with one attached hydrogen (secondary N) is 1. The first-order valence-corrected chi connectivity index (χ1v) is 9.28. The second-order valence-corrected chi connectivity index (χ2v) is 7.20. The molecule has 142 valence electrons. The Hall–Kier alpha value is -2.26. The monoisotopic (exact) mass is 360 g/mol. The molecule has 0 spiro atoms. The van der Waals surface area contributed by atoms with Crippen LogP contribution in [-0.2, 0) is 11.3 Å². The van der Waals surface area contributed by atoms with Crippen molar-refractivity contribution in [1.82, 2.24) is 4.90 Å². The zero-order valence-corrected chi connectivity index (χ0v) is 16.0. The fourth-order valence-electron chi connectivity index (χ4n) is 3.84. The van der Waals surface area contributed by atoms with Gasteiger partial charge < -0.3 is 19.6 Å². The molecular weight excluding hydrogens is 330 g/mol. The third-order valence-corrected chi connectivity index (χ3v) is 5.51. The Morgan fingerprint density at radius 2 is 2.23 bits per heavy atom. The number of carbonyl (C=O) groups excluding carboxylic acids is 1. The van der Waals surface area contributed by atoms with Gasteiger partial charge in [0, 0.05) is 37.4 Å². The maximum Gasteiger partial charge on any atom is 0.223 e. The molecule has 0 bridgehead atoms. The van der Waals surface area contributed by atoms with Gasteiger partial charge in [0.05, 0.1) is 26.3 Å². The van der Waals surface area contributed by atoms with Gasteiger partial charge in [-0.1, -0.05) is 6.92 Å². The summed E-state index contributed by atoms with van der Waals surface area (Å²) in [6.45, 7) is 5.09. The van der Waals surface area contributed by atoms with Crippen LogP contribution in [0, 0.1) is 23.2 Å². The maximum atomic E-state index is 12.3. The molecule has 2 N–H and O–H groups in total. The number of quaternary nitrogens is 1. The molecule has 1 heterocycles. The summed E-state index contributed by atoms with van der Waals surface area (Å²) in [5.41, 5.74) is 0.930. The van der Waals surface area contributed by atoms with Gasteiger partial charge in [-0.3, -0.25) is 4.79 Å². The largest absolute Gasteiger partial charge is 0.507 e. The lowest BCUT2D eigenvalue weighted by Gasteiger charge is -2.36. The minimum Gasteiger partial charge on any atom is -0.507 e. The molecule has 0 saturated carbocycles. The Bertz CT molecular complexity index is 656. The van der Waals surface area contributed by atoms with E-state index in [1.807, 2.05) is 18.2 Å². The molecule has 0 radical (unpaired) electrons. The van der Waals surface area contributed by atoms with Crippen molar-refractivity contribution < 1.29 is 19.5 Å². The van der Waals surface area contributed by atoms with Crippen LogP contribution in [0.1, 0.15) is 31.7 Å². The van der Waals surface area contributed by atoms with Gasteiger partial charge in [0.2, 0.25) is 5.91 Å². The number of nitriles is 1. The predicted molar refractivity (Wildman–Crippen MR) is 98.8 cm³/mol. The lowest BCUT2D eigenvalue weighted by Crippen LogP contribution is -3.12. The number of likely N-dealkylation sites (tertiary alicyclic amines) is 1. The van der Waals surface area contributed by atoms with Crippen LogP contribution in [-0.4, -0.2) is 49.7 Å². The van der Waals surface area contributed by atoms with Crippen LogP contribution in [0.4, 0.5) is 0 Å². The van der Waals surface area contributed by atoms with E-state index in [2.05, 4.69) is 6.92 Å². The van der Waals surface area contributed by atoms with Crippen molar-refractivity contribution in [2.75, 3.05) is 33.8 Å². The number of aromatic hydroxyl groups is 1. The van der Waals surface area contributed by atoms with Crippen LogP contribution in [0.25, 0.3) is 0 Å². The Labute approximate surface area is 156 Å². The highest BCUT2D eigenvalue weighted by atomic mass is 16.5. The van der Waals surface area contributed by atoms with E-state index in [-0.39, 0.29) is 18.2 Å². The molecule has 1 unspecified atom stereocenters. The third kappa shape index (κ3) is 5.12. The number of phenolic OH excluding ortho intramolecular Hbond substituents is 1. The summed E-state index contributed by atoms with van der Waals surface area (Å²) in [6, 6.07) is 7.48. The van der Waals surface area contributed by atoms with Crippen LogP contribution in [0.5, 0.6) is 11.5 Å². The fraction of sp³-hybridized carbons (Fsp3) is 0.600. The van der Waals surface area contributed by atoms with Crippen molar-refractivity contribution in [3.8, 4) is 17.6 Å². The molecule has 1 fully saturated rings. The molecule has 2 rings (SSSR count). The lowest BCUT2D eigenvalue weighted by molar-refractivity contribution is -0.923. The molecule has 3 atom stereocenters. The van der Waals surface area contributed by atoms with Gasteiger partial charge in [0.15, 0.2) is 0 Å². The number of hydrogen-bond acceptors (Lipinski definition) is 4. The van der Waals surface area contributed by atoms with Crippen LogP contribution < -0.4 is 9.64 Å². The highest BCUT2D eigenvalue weighted by Crippen LogP contribution is 2.26. The van der Waals surface area contributed by atoms with E-state index in [1.165, 1.54) is 9.80 Å². The highest BCUT2D eigenvalue weighted by molar-refractivity contribution is 5.76. The van der Waals surface area contributed by atoms with Crippen LogP contribution in [0.2, 0.25) is 0 Å². The summed E-state index contributed by atoms with van der Waals surface area (Å²) in [6.07, 6.45) is 2.56. The summed E-state index contributed by atoms with van der Waals surface area (Å²) < 4.78 is 5.14. The molecule has 0 aromatic heterocycles. The fourth-order valence-corrected chi connectivity index (χ4v) is 3.84. The van der Waals surface area contributed by atoms with Gasteiger partial charge in [-0.05, 0) is 24.5 Å². The minimum atomic E-state index is 0.0613. The molecule has 26 heavy (non-hydrogen) atoms. The third-order valence-electron chi connectivity index (χ3n) is 5.51. The van der Waals surface area contributed by atoms with E-state index >= 15 is 0 Å². The Balaban J connectivity index is 1.95. The van der Waals surface area contributed by atoms with Gasteiger partial charge in [0.1, 0.15) is 24.6 Å². The highest BCUT2D eigenvalue weighted by Gasteiger charge is 2.33. The number of rotatable bonds is 7. The number of methoxy groups -OCH3 is 1. The number of piperidine rings is 1. The van der Waals surface area contributed by atoms with Crippen molar-refractivity contribution in [2.24, 2.45) is 11.8 Å². The zero-order valence-electron chi connectivity index (χ0n) is 16.0. The Morgan fingerprint density at radius 1 is 1.46 bits per heavy atom. The van der Waals surface area contributed by atoms with E-state index in [9.17, 15) is 9.90 Å². The summed E-state index contributed by atoms with van der Waals surface area (Å²) in [5, 5.41) is 18.9. The van der Waals surface area contributed by atoms with Gasteiger partial charge in [-0.25, -0.2) is 0 Å². The average molecular weight is 360 g/mol. The molecule has 1 aliphatic rings. The predicted octanol–water partition coefficient (Wildman–Crippen LogP) is 1.20. The van der Waals surface area contributed by atoms with Gasteiger partial charge in [-0.2, -0.15) is 5.26 Å². The first-order valence-electron chi connectivity index (χ1n) is 9.28. The summed E-state index contributed by atoms with van der Waals surface area (Å²) >= 11 is 0. The Kier molecular flexibility index (Phi) is 7.28. The van der Waals surface area contributed by atoms with E-state index in [0.717, 1.165) is 38.0 Å². The standard InChI is InChI=1S/C20H29N3O3/c1-4-15-13-23(14-17-5-6-18(26-3)12-19(17)24)9-7-16(15)11-20(25)22(2)10-8-21/h5-6,12,15-16,24H,4,7,9-11,13-14H2,1-3H3/p+1/t15-,16-/m0/s1. The number of phenols is 1. The van der Waals surface area contributed by atoms with E-state index in [4.69, 9.17) is 10.00 Å². The van der Waals surface area contributed by atoms with Crippen molar-refractivity contribution in [1.29, 1.82) is 5.26 Å². The summed E-state index contributed by atoms with van der Waals surface area (Å²) in [7, 11) is 3.28. The molecule has 0 aliphatic carbocycles. The van der Waals surface area contributed by atoms with Crippen molar-refractivity contribution in [2.45, 2.75) is 32.7 Å². The molecule has 1 saturated heterocycles. The molecule has 6 heteroatoms. The topological polar surface area (TPSA) is 78.0 Å². The number of hydrogen-bond donors (Lipinski definition) is 2. The maximum absolute atomic E-state index is 12.3. The Morgan fingerprint density at radius 3 is 2.85 bits per heavy atom. The first-order chi connectivity index (χ1) is 12.5. The van der Waals surface area contributed by atoms with Crippen LogP contribution >= 0.6 is 0 Å². The van der Waals surface area contributed by atoms with Crippen LogP contribution in [0.15, 0.2) is 18.2 Å². The quantitative estimate of drug-likeness (QED) is 0.717. The van der Waals surface area contributed by atoms with Crippen molar-refractivity contribution in [3.05, 3.63) is 23.8 Å². The van der Waals surface area contributed by atoms with Crippen LogP contribution in [0.3, 0.4) is 0 Å². The van der Waals surface area contributed by atoms with E-state index in [1.54, 1.807) is 20.2 Å². The lowest BCUT2D eigenvalue weighted by atomic mass is 9.81. The molecule has 1 aromatic carbocycles. The van der Waals surface area contributed by atoms with Gasteiger partial charge in [-0.15, -0.1) is 0 Å². The normalized spacial score (nSPS) is 22.5. The van der Waals surface area contributed by atoms with Gasteiger partial charge >= 0.3 is 0 Å². The summed E-state index contributed by atoms with van der Waals surface area (Å²) in [5.74, 6) is 1.86. The average Bonchev–Trinajstić information content (AvgIpc) is 2.64. The van der Waals surface area contributed by atoms with Crippen molar-refractivity contribution in [3.63, 3.8) is 0 Å². The first kappa shape index (κ1) is 20.1. The molecule has 1 amide bonds. The number of amides is 1. The number of benzene rings is 1. The van der Waals surface area contributed by atoms with Gasteiger partial charge in [0.25, 0.3) is 0 Å². The van der Waals surface area contributed by atoms with Crippen molar-refractivity contribution >= 4 is 5.91 Å². The van der Waals surface area contributed by atoms with E-state index < -0.39 is 0 Å². The summed E-state index contributed by atoms with van der Waals surface area (Å²) in [4.78, 5) is 15.2. The van der Waals surface area contributed by atoms with E-state index in [0.29, 0.717) is 24.0 Å². The molecular formula is C20H30N3O3+. The number of ether oxygens (including phenoxy) is 1. The number of nitrogens with zero attached hydrogens (tertiary/aromatic N) is 2. The smallest absolute Gasteiger partial charge is 0.223 e. The SMILES string of the molecule is CC[C@H]1C[NH+](Cc2ccc(OC)cc2O)CC[C@H]1CC(=O)N(C)CC#N. The second kappa shape index (κ2) is 9.44. The second-order valence-electron chi connectivity index (χ2n) is 7.20. The number of carbonyl (C=O) groups is 1. The minimum absolute atomic E-state index is 0.0613. The zero-order chi connectivity index (χ0) is 19.1. The molecule has 6 nitrogen and oxygen atoms in total. The molecule has 1 aromatic rings.